The molecular weight excluding hydrogens is 564 g/mol. The number of benzene rings is 2. The van der Waals surface area contributed by atoms with Crippen molar-refractivity contribution in [3.63, 3.8) is 0 Å². The van der Waals surface area contributed by atoms with Crippen LogP contribution in [-0.4, -0.2) is 71.4 Å². The molecule has 43 heavy (non-hydrogen) atoms. The average molecular weight is 595 g/mol. The fraction of sp³-hybridized carbons (Fsp3) is 0.290. The summed E-state index contributed by atoms with van der Waals surface area (Å²) in [5.74, 6) is -0.0367. The van der Waals surface area contributed by atoms with E-state index in [2.05, 4.69) is 49.6 Å². The average Bonchev–Trinajstić information content (AvgIpc) is 3.40. The molecule has 3 heterocycles. The molecule has 11 nitrogen and oxygen atoms in total. The van der Waals surface area contributed by atoms with E-state index < -0.39 is 5.41 Å². The van der Waals surface area contributed by atoms with Crippen molar-refractivity contribution in [3.8, 4) is 23.8 Å². The molecule has 12 heteroatoms. The Labute approximate surface area is 253 Å². The maximum atomic E-state index is 13.0. The molecule has 0 aliphatic carbocycles. The number of likely N-dealkylation sites (N-methyl/N-ethyl adjacent to an activating group) is 1. The van der Waals surface area contributed by atoms with E-state index in [0.29, 0.717) is 33.3 Å². The number of hydrogen-bond acceptors (Lipinski definition) is 10. The Bertz CT molecular complexity index is 1760. The van der Waals surface area contributed by atoms with Crippen LogP contribution in [0.1, 0.15) is 35.3 Å². The number of aromatic nitrogens is 2. The second-order valence-corrected chi connectivity index (χ2v) is 11.8. The summed E-state index contributed by atoms with van der Waals surface area (Å²) in [5.41, 5.74) is 1.68. The van der Waals surface area contributed by atoms with Gasteiger partial charge in [0.05, 0.1) is 23.6 Å². The van der Waals surface area contributed by atoms with Gasteiger partial charge in [0.1, 0.15) is 22.2 Å². The van der Waals surface area contributed by atoms with Gasteiger partial charge in [0, 0.05) is 49.6 Å². The molecule has 4 aromatic rings. The quantitative estimate of drug-likeness (QED) is 0.299. The first-order valence-corrected chi connectivity index (χ1v) is 14.5. The summed E-state index contributed by atoms with van der Waals surface area (Å²) < 4.78 is 5.97. The third kappa shape index (κ3) is 7.13. The summed E-state index contributed by atoms with van der Waals surface area (Å²) >= 11 is 1.23. The number of nitriles is 2. The number of nitrogens with one attached hydrogen (secondary N) is 2. The molecule has 1 fully saturated rings. The summed E-state index contributed by atoms with van der Waals surface area (Å²) in [6.45, 7) is 7.43. The van der Waals surface area contributed by atoms with Crippen molar-refractivity contribution in [2.75, 3.05) is 50.4 Å². The molecular formula is C31H30N8O3S. The van der Waals surface area contributed by atoms with Gasteiger partial charge in [-0.25, -0.2) is 9.97 Å². The highest BCUT2D eigenvalue weighted by molar-refractivity contribution is 7.21. The molecule has 2 amide bonds. The third-order valence-electron chi connectivity index (χ3n) is 7.14. The first kappa shape index (κ1) is 29.6. The van der Waals surface area contributed by atoms with Crippen LogP contribution >= 0.6 is 11.3 Å². The van der Waals surface area contributed by atoms with Gasteiger partial charge in [-0.3, -0.25) is 14.5 Å². The first-order chi connectivity index (χ1) is 20.6. The number of rotatable bonds is 8. The van der Waals surface area contributed by atoms with E-state index in [9.17, 15) is 20.1 Å². The lowest BCUT2D eigenvalue weighted by Gasteiger charge is -2.31. The Kier molecular flexibility index (Phi) is 8.64. The summed E-state index contributed by atoms with van der Waals surface area (Å²) in [6, 6.07) is 19.3. The molecule has 1 aliphatic rings. The van der Waals surface area contributed by atoms with Crippen molar-refractivity contribution in [1.29, 1.82) is 10.5 Å². The normalized spacial score (nSPS) is 14.1. The van der Waals surface area contributed by atoms with Crippen LogP contribution in [0.4, 0.5) is 10.8 Å². The molecule has 1 aliphatic heterocycles. The van der Waals surface area contributed by atoms with Crippen LogP contribution in [0.5, 0.6) is 11.6 Å². The molecule has 2 aromatic carbocycles. The molecule has 0 bridgehead atoms. The van der Waals surface area contributed by atoms with Crippen LogP contribution in [-0.2, 0) is 10.2 Å². The first-order valence-electron chi connectivity index (χ1n) is 13.7. The zero-order valence-electron chi connectivity index (χ0n) is 24.0. The number of nitrogens with zero attached hydrogens (tertiary/aromatic N) is 6. The predicted octanol–water partition coefficient (Wildman–Crippen LogP) is 4.59. The van der Waals surface area contributed by atoms with Crippen LogP contribution in [0.2, 0.25) is 0 Å². The van der Waals surface area contributed by atoms with Crippen molar-refractivity contribution in [3.05, 3.63) is 71.3 Å². The van der Waals surface area contributed by atoms with Crippen LogP contribution in [0.15, 0.2) is 54.6 Å². The Morgan fingerprint density at radius 2 is 1.81 bits per heavy atom. The highest BCUT2D eigenvalue weighted by atomic mass is 32.1. The molecule has 0 atom stereocenters. The minimum Gasteiger partial charge on any atom is -0.438 e. The van der Waals surface area contributed by atoms with Crippen molar-refractivity contribution < 1.29 is 14.3 Å². The topological polar surface area (TPSA) is 147 Å². The molecule has 0 radical (unpaired) electrons. The molecule has 2 N–H and O–H groups in total. The SMILES string of the molecule is CN1CCN(CC(=O)Nc2nc3ccc(Oc4cc(NC(=O)c5cccc(C(C)(C)C#N)c5)ccc4C#N)nc3s2)CC1. The second kappa shape index (κ2) is 12.5. The number of anilines is 2. The van der Waals surface area contributed by atoms with Gasteiger partial charge >= 0.3 is 0 Å². The smallest absolute Gasteiger partial charge is 0.255 e. The van der Waals surface area contributed by atoms with Crippen molar-refractivity contribution in [2.45, 2.75) is 19.3 Å². The number of carbonyl (C=O) groups excluding carboxylic acids is 2. The lowest BCUT2D eigenvalue weighted by atomic mass is 9.85. The van der Waals surface area contributed by atoms with Gasteiger partial charge in [0.15, 0.2) is 5.13 Å². The minimum absolute atomic E-state index is 0.127. The van der Waals surface area contributed by atoms with E-state index in [4.69, 9.17) is 4.74 Å². The zero-order valence-corrected chi connectivity index (χ0v) is 24.9. The lowest BCUT2D eigenvalue weighted by Crippen LogP contribution is -2.47. The minimum atomic E-state index is -0.741. The lowest BCUT2D eigenvalue weighted by molar-refractivity contribution is -0.117. The number of thiazole rings is 1. The molecule has 2 aromatic heterocycles. The van der Waals surface area contributed by atoms with Crippen LogP contribution < -0.4 is 15.4 Å². The summed E-state index contributed by atoms with van der Waals surface area (Å²) in [6.07, 6.45) is 0. The maximum absolute atomic E-state index is 13.0. The molecule has 5 rings (SSSR count). The van der Waals surface area contributed by atoms with Gasteiger partial charge in [-0.15, -0.1) is 0 Å². The Hall–Kier alpha value is -4.88. The van der Waals surface area contributed by atoms with E-state index in [1.165, 1.54) is 11.3 Å². The van der Waals surface area contributed by atoms with Crippen molar-refractivity contribution in [2.24, 2.45) is 0 Å². The summed E-state index contributed by atoms with van der Waals surface area (Å²) in [5, 5.41) is 25.2. The van der Waals surface area contributed by atoms with Gasteiger partial charge in [-0.05, 0) is 56.8 Å². The maximum Gasteiger partial charge on any atom is 0.255 e. The monoisotopic (exact) mass is 594 g/mol. The Morgan fingerprint density at radius 1 is 1.02 bits per heavy atom. The van der Waals surface area contributed by atoms with Crippen molar-refractivity contribution >= 4 is 44.3 Å². The summed E-state index contributed by atoms with van der Waals surface area (Å²) in [4.78, 5) is 39.5. The second-order valence-electron chi connectivity index (χ2n) is 10.8. The predicted molar refractivity (Wildman–Crippen MR) is 164 cm³/mol. The molecule has 218 valence electrons. The number of ether oxygens (including phenoxy) is 1. The van der Waals surface area contributed by atoms with Crippen molar-refractivity contribution in [1.82, 2.24) is 19.8 Å². The van der Waals surface area contributed by atoms with E-state index in [1.54, 1.807) is 62.4 Å². The number of pyridine rings is 1. The van der Waals surface area contributed by atoms with Gasteiger partial charge in [-0.1, -0.05) is 23.5 Å². The van der Waals surface area contributed by atoms with Crippen LogP contribution in [0.3, 0.4) is 0 Å². The standard InChI is InChI=1S/C31H30N8O3S/c1-31(2,19-33)22-6-4-5-20(15-22)28(41)34-23-8-7-21(17-32)25(16-23)42-27-10-9-24-29(37-27)43-30(35-24)36-26(40)18-39-13-11-38(3)12-14-39/h4-10,15-16H,11-14,18H2,1-3H3,(H,34,41)(H,35,36,40). The summed E-state index contributed by atoms with van der Waals surface area (Å²) in [7, 11) is 2.07. The van der Waals surface area contributed by atoms with Crippen LogP contribution in [0.25, 0.3) is 10.3 Å². The highest BCUT2D eigenvalue weighted by Crippen LogP contribution is 2.31. The number of fused-ring (bicyclic) bond motifs is 1. The van der Waals surface area contributed by atoms with E-state index in [0.717, 1.165) is 31.7 Å². The van der Waals surface area contributed by atoms with Gasteiger partial charge in [-0.2, -0.15) is 10.5 Å². The molecule has 1 saturated heterocycles. The number of hydrogen-bond donors (Lipinski definition) is 2. The number of piperazine rings is 1. The zero-order chi connectivity index (χ0) is 30.6. The van der Waals surface area contributed by atoms with Crippen LogP contribution in [0, 0.1) is 22.7 Å². The van der Waals surface area contributed by atoms with E-state index in [1.807, 2.05) is 6.07 Å². The molecule has 0 saturated carbocycles. The fourth-order valence-electron chi connectivity index (χ4n) is 4.48. The van der Waals surface area contributed by atoms with Gasteiger partial charge in [0.2, 0.25) is 11.8 Å². The highest BCUT2D eigenvalue weighted by Gasteiger charge is 2.21. The molecule has 0 unspecified atom stereocenters. The largest absolute Gasteiger partial charge is 0.438 e. The van der Waals surface area contributed by atoms with Gasteiger partial charge < -0.3 is 20.3 Å². The Morgan fingerprint density at radius 3 is 2.56 bits per heavy atom. The molecule has 0 spiro atoms. The Balaban J connectivity index is 1.28. The number of amides is 2. The number of carbonyl (C=O) groups is 2. The van der Waals surface area contributed by atoms with Gasteiger partial charge in [0.25, 0.3) is 5.91 Å². The van der Waals surface area contributed by atoms with E-state index in [-0.39, 0.29) is 29.0 Å². The fourth-order valence-corrected chi connectivity index (χ4v) is 5.33. The van der Waals surface area contributed by atoms with E-state index >= 15 is 0 Å². The third-order valence-corrected chi connectivity index (χ3v) is 8.02.